The van der Waals surface area contributed by atoms with Crippen LogP contribution in [0.4, 0.5) is 5.82 Å². The molecule has 4 aromatic rings. The Kier molecular flexibility index (Phi) is 5.23. The van der Waals surface area contributed by atoms with E-state index in [1.54, 1.807) is 43.3 Å². The van der Waals surface area contributed by atoms with Crippen molar-refractivity contribution in [1.29, 1.82) is 0 Å². The molecular formula is C24H16Cl2N2O5. The third-order valence-electron chi connectivity index (χ3n) is 5.32. The number of halogens is 2. The summed E-state index contributed by atoms with van der Waals surface area (Å²) in [5, 5.41) is 4.61. The molecule has 2 aromatic heterocycles. The lowest BCUT2D eigenvalue weighted by molar-refractivity contribution is 0.0969. The molecule has 0 aliphatic carbocycles. The topological polar surface area (TPSA) is 85.8 Å². The Bertz CT molecular complexity index is 1470. The van der Waals surface area contributed by atoms with Gasteiger partial charge in [0.15, 0.2) is 16.8 Å². The van der Waals surface area contributed by atoms with Gasteiger partial charge in [0.2, 0.25) is 5.76 Å². The quantitative estimate of drug-likeness (QED) is 0.338. The van der Waals surface area contributed by atoms with Crippen LogP contribution in [-0.2, 0) is 0 Å². The molecule has 2 aromatic carbocycles. The number of hydrogen-bond donors (Lipinski definition) is 0. The smallest absolute Gasteiger partial charge is 0.296 e. The highest BCUT2D eigenvalue weighted by atomic mass is 35.5. The molecule has 0 fully saturated rings. The van der Waals surface area contributed by atoms with Crippen LogP contribution < -0.4 is 15.1 Å². The Morgan fingerprint density at radius 1 is 1.18 bits per heavy atom. The average molecular weight is 483 g/mol. The van der Waals surface area contributed by atoms with E-state index in [-0.39, 0.29) is 38.2 Å². The molecule has 3 heterocycles. The summed E-state index contributed by atoms with van der Waals surface area (Å²) in [6, 6.07) is 10.8. The number of carbonyl (C=O) groups is 1. The minimum Gasteiger partial charge on any atom is -0.490 e. The van der Waals surface area contributed by atoms with Crippen LogP contribution in [-0.4, -0.2) is 17.7 Å². The highest BCUT2D eigenvalue weighted by Crippen LogP contribution is 2.42. The fourth-order valence-electron chi connectivity index (χ4n) is 3.92. The molecule has 9 heteroatoms. The Morgan fingerprint density at radius 2 is 1.94 bits per heavy atom. The molecule has 7 nitrogen and oxygen atoms in total. The van der Waals surface area contributed by atoms with E-state index in [1.807, 2.05) is 0 Å². The summed E-state index contributed by atoms with van der Waals surface area (Å²) in [5.41, 5.74) is 0.534. The summed E-state index contributed by atoms with van der Waals surface area (Å²) in [6.45, 7) is 5.70. The first kappa shape index (κ1) is 21.3. The van der Waals surface area contributed by atoms with E-state index in [0.717, 1.165) is 0 Å². The minimum absolute atomic E-state index is 0.100. The lowest BCUT2D eigenvalue weighted by atomic mass is 9.98. The van der Waals surface area contributed by atoms with Crippen molar-refractivity contribution in [2.24, 2.45) is 0 Å². The average Bonchev–Trinajstić information content (AvgIpc) is 3.34. The Morgan fingerprint density at radius 3 is 2.61 bits per heavy atom. The maximum absolute atomic E-state index is 13.6. The van der Waals surface area contributed by atoms with Crippen LogP contribution >= 0.6 is 23.2 Å². The number of carbonyl (C=O) groups excluding carboxylic acids is 1. The van der Waals surface area contributed by atoms with Crippen molar-refractivity contribution in [1.82, 2.24) is 5.16 Å². The van der Waals surface area contributed by atoms with Gasteiger partial charge < -0.3 is 13.7 Å². The third-order valence-corrected chi connectivity index (χ3v) is 5.82. The molecule has 0 N–H and O–H groups in total. The van der Waals surface area contributed by atoms with Gasteiger partial charge in [0.25, 0.3) is 5.91 Å². The zero-order valence-corrected chi connectivity index (χ0v) is 18.8. The fraction of sp³-hybridized carbons (Fsp3) is 0.125. The van der Waals surface area contributed by atoms with E-state index in [4.69, 9.17) is 36.9 Å². The molecule has 0 saturated heterocycles. The lowest BCUT2D eigenvalue weighted by Gasteiger charge is -2.22. The zero-order chi connectivity index (χ0) is 23.3. The molecule has 0 spiro atoms. The predicted octanol–water partition coefficient (Wildman–Crippen LogP) is 5.71. The molecular weight excluding hydrogens is 467 g/mol. The summed E-state index contributed by atoms with van der Waals surface area (Å²) in [5.74, 6) is 0.763. The number of anilines is 1. The van der Waals surface area contributed by atoms with Crippen LogP contribution in [0.1, 0.15) is 33.5 Å². The van der Waals surface area contributed by atoms with Gasteiger partial charge in [0.1, 0.15) is 18.1 Å². The van der Waals surface area contributed by atoms with Crippen molar-refractivity contribution in [2.75, 3.05) is 11.5 Å². The van der Waals surface area contributed by atoms with Crippen LogP contribution in [0, 0.1) is 6.92 Å². The number of ether oxygens (including phenoxy) is 1. The molecule has 166 valence electrons. The highest BCUT2D eigenvalue weighted by Gasteiger charge is 2.45. The molecule has 1 aliphatic rings. The van der Waals surface area contributed by atoms with E-state index in [2.05, 4.69) is 11.7 Å². The first-order chi connectivity index (χ1) is 15.9. The molecule has 1 unspecified atom stereocenters. The first-order valence-corrected chi connectivity index (χ1v) is 10.7. The number of fused-ring (bicyclic) bond motifs is 2. The molecule has 1 atom stereocenters. The monoisotopic (exact) mass is 482 g/mol. The predicted molar refractivity (Wildman–Crippen MR) is 125 cm³/mol. The van der Waals surface area contributed by atoms with Gasteiger partial charge in [-0.3, -0.25) is 14.5 Å². The van der Waals surface area contributed by atoms with Crippen molar-refractivity contribution in [2.45, 2.75) is 13.0 Å². The second-order valence-electron chi connectivity index (χ2n) is 7.48. The van der Waals surface area contributed by atoms with Crippen molar-refractivity contribution in [3.8, 4) is 5.75 Å². The van der Waals surface area contributed by atoms with Gasteiger partial charge in [-0.25, -0.2) is 0 Å². The Labute approximate surface area is 197 Å². The highest BCUT2D eigenvalue weighted by molar-refractivity contribution is 6.38. The van der Waals surface area contributed by atoms with Gasteiger partial charge in [0.05, 0.1) is 22.0 Å². The number of rotatable bonds is 5. The van der Waals surface area contributed by atoms with Crippen molar-refractivity contribution in [3.63, 3.8) is 0 Å². The van der Waals surface area contributed by atoms with Crippen LogP contribution in [0.3, 0.4) is 0 Å². The van der Waals surface area contributed by atoms with E-state index in [1.165, 1.54) is 17.0 Å². The molecule has 0 radical (unpaired) electrons. The molecule has 1 aliphatic heterocycles. The van der Waals surface area contributed by atoms with Gasteiger partial charge in [-0.05, 0) is 36.8 Å². The molecule has 33 heavy (non-hydrogen) atoms. The van der Waals surface area contributed by atoms with Gasteiger partial charge in [-0.2, -0.15) is 0 Å². The zero-order valence-electron chi connectivity index (χ0n) is 17.3. The summed E-state index contributed by atoms with van der Waals surface area (Å²) >= 11 is 12.4. The van der Waals surface area contributed by atoms with Crippen LogP contribution in [0.25, 0.3) is 11.0 Å². The number of aryl methyl sites for hydroxylation is 1. The van der Waals surface area contributed by atoms with Gasteiger partial charge in [-0.15, -0.1) is 0 Å². The van der Waals surface area contributed by atoms with Crippen molar-refractivity contribution < 1.29 is 18.5 Å². The Balaban J connectivity index is 1.74. The summed E-state index contributed by atoms with van der Waals surface area (Å²) in [7, 11) is 0. The number of benzene rings is 2. The van der Waals surface area contributed by atoms with E-state index >= 15 is 0 Å². The normalized spacial score (nSPS) is 15.2. The van der Waals surface area contributed by atoms with Crippen LogP contribution in [0.15, 0.2) is 68.9 Å². The number of nitrogens with zero attached hydrogens (tertiary/aromatic N) is 2. The van der Waals surface area contributed by atoms with Crippen molar-refractivity contribution in [3.05, 3.63) is 98.0 Å². The largest absolute Gasteiger partial charge is 0.490 e. The molecule has 5 rings (SSSR count). The van der Waals surface area contributed by atoms with E-state index in [0.29, 0.717) is 23.7 Å². The second kappa shape index (κ2) is 8.10. The van der Waals surface area contributed by atoms with Gasteiger partial charge in [-0.1, -0.05) is 53.1 Å². The maximum Gasteiger partial charge on any atom is 0.296 e. The summed E-state index contributed by atoms with van der Waals surface area (Å²) in [6.07, 6.45) is 1.64. The molecule has 0 saturated carbocycles. The van der Waals surface area contributed by atoms with Gasteiger partial charge >= 0.3 is 0 Å². The van der Waals surface area contributed by atoms with Crippen LogP contribution in [0.5, 0.6) is 5.75 Å². The van der Waals surface area contributed by atoms with E-state index < -0.39 is 17.4 Å². The van der Waals surface area contributed by atoms with Gasteiger partial charge in [0, 0.05) is 11.1 Å². The maximum atomic E-state index is 13.6. The second-order valence-corrected chi connectivity index (χ2v) is 8.32. The summed E-state index contributed by atoms with van der Waals surface area (Å²) in [4.78, 5) is 28.5. The number of amides is 1. The van der Waals surface area contributed by atoms with Crippen molar-refractivity contribution >= 4 is 45.9 Å². The number of hydrogen-bond acceptors (Lipinski definition) is 6. The summed E-state index contributed by atoms with van der Waals surface area (Å²) < 4.78 is 16.6. The Hall–Kier alpha value is -3.55. The third kappa shape index (κ3) is 3.50. The minimum atomic E-state index is -0.802. The lowest BCUT2D eigenvalue weighted by Crippen LogP contribution is -2.29. The molecule has 1 amide bonds. The van der Waals surface area contributed by atoms with Crippen LogP contribution in [0.2, 0.25) is 10.0 Å². The molecule has 0 bridgehead atoms. The standard InChI is InChI=1S/C24H16Cl2N2O5/c1-3-8-31-15-6-4-13(5-7-15)20-19-21(29)16-10-14(25)11-17(26)22(16)32-23(19)24(30)28(20)18-9-12(2)33-27-18/h3-7,9-11,20H,1,8H2,2H3. The number of aromatic nitrogens is 1. The SMILES string of the molecule is C=CCOc1ccc(C2c3c(oc4c(Cl)cc(Cl)cc4c3=O)C(=O)N2c2cc(C)on2)cc1. The first-order valence-electron chi connectivity index (χ1n) is 9.95. The fourth-order valence-corrected chi connectivity index (χ4v) is 4.45. The van der Waals surface area contributed by atoms with E-state index in [9.17, 15) is 9.59 Å².